The van der Waals surface area contributed by atoms with E-state index in [2.05, 4.69) is 5.32 Å². The third kappa shape index (κ3) is 7.64. The first kappa shape index (κ1) is 21.3. The number of rotatable bonds is 7. The van der Waals surface area contributed by atoms with E-state index in [-0.39, 0.29) is 19.2 Å². The largest absolute Gasteiger partial charge is 0.493 e. The van der Waals surface area contributed by atoms with Crippen LogP contribution in [0.1, 0.15) is 33.6 Å². The maximum Gasteiger partial charge on any atom is 0.410 e. The number of aliphatic hydroxyl groups is 2. The highest BCUT2D eigenvalue weighted by atomic mass is 16.6. The van der Waals surface area contributed by atoms with E-state index in [1.807, 2.05) is 45.0 Å². The Labute approximate surface area is 161 Å². The normalized spacial score (nSPS) is 16.7. The van der Waals surface area contributed by atoms with E-state index in [9.17, 15) is 9.90 Å². The summed E-state index contributed by atoms with van der Waals surface area (Å²) in [5.74, 6) is 1.16. The summed E-state index contributed by atoms with van der Waals surface area (Å²) >= 11 is 0. The molecule has 1 saturated heterocycles. The molecule has 3 N–H and O–H groups in total. The standard InChI is InChI=1S/C20H32N2O5/c1-20(2,3)27-19(25)22-9-7-15(8-10-22)14-26-18-6-4-5-16(11-18)21-12-17(24)13-23/h4-6,11,15,17,21,23-24H,7-10,12-14H2,1-3H3. The molecule has 0 aromatic heterocycles. The van der Waals surface area contributed by atoms with Gasteiger partial charge in [0.2, 0.25) is 0 Å². The number of piperidine rings is 1. The van der Waals surface area contributed by atoms with Crippen molar-refractivity contribution in [2.45, 2.75) is 45.3 Å². The molecule has 1 fully saturated rings. The van der Waals surface area contributed by atoms with E-state index in [1.165, 1.54) is 0 Å². The Balaban J connectivity index is 1.74. The predicted octanol–water partition coefficient (Wildman–Crippen LogP) is 2.48. The number of nitrogens with one attached hydrogen (secondary N) is 1. The molecule has 1 unspecified atom stereocenters. The number of benzene rings is 1. The minimum absolute atomic E-state index is 0.245. The van der Waals surface area contributed by atoms with Crippen molar-refractivity contribution >= 4 is 11.8 Å². The second kappa shape index (κ2) is 9.80. The summed E-state index contributed by atoms with van der Waals surface area (Å²) in [4.78, 5) is 13.9. The molecule has 1 atom stereocenters. The van der Waals surface area contributed by atoms with Crippen LogP contribution in [0.2, 0.25) is 0 Å². The summed E-state index contributed by atoms with van der Waals surface area (Å²) in [6.07, 6.45) is 0.746. The lowest BCUT2D eigenvalue weighted by molar-refractivity contribution is 0.0165. The summed E-state index contributed by atoms with van der Waals surface area (Å²) in [6, 6.07) is 7.54. The molecule has 152 valence electrons. The number of aliphatic hydroxyl groups excluding tert-OH is 2. The lowest BCUT2D eigenvalue weighted by Crippen LogP contribution is -2.42. The smallest absolute Gasteiger partial charge is 0.410 e. The number of nitrogens with zero attached hydrogens (tertiary/aromatic N) is 1. The number of anilines is 1. The molecule has 7 heteroatoms. The van der Waals surface area contributed by atoms with Gasteiger partial charge in [-0.2, -0.15) is 0 Å². The van der Waals surface area contributed by atoms with Gasteiger partial charge in [-0.15, -0.1) is 0 Å². The third-order valence-corrected chi connectivity index (χ3v) is 4.34. The topological polar surface area (TPSA) is 91.3 Å². The average Bonchev–Trinajstić information content (AvgIpc) is 2.63. The summed E-state index contributed by atoms with van der Waals surface area (Å²) < 4.78 is 11.3. The molecule has 0 saturated carbocycles. The molecular weight excluding hydrogens is 348 g/mol. The molecule has 27 heavy (non-hydrogen) atoms. The van der Waals surface area contributed by atoms with Crippen molar-refractivity contribution in [2.24, 2.45) is 5.92 Å². The highest BCUT2D eigenvalue weighted by Crippen LogP contribution is 2.23. The van der Waals surface area contributed by atoms with Crippen LogP contribution in [0.15, 0.2) is 24.3 Å². The van der Waals surface area contributed by atoms with Gasteiger partial charge in [-0.1, -0.05) is 6.07 Å². The lowest BCUT2D eigenvalue weighted by atomic mass is 9.98. The van der Waals surface area contributed by atoms with Crippen molar-refractivity contribution < 1.29 is 24.5 Å². The minimum atomic E-state index is -0.787. The fourth-order valence-electron chi connectivity index (χ4n) is 2.82. The Morgan fingerprint density at radius 3 is 2.67 bits per heavy atom. The van der Waals surface area contributed by atoms with Gasteiger partial charge in [-0.25, -0.2) is 4.79 Å². The Kier molecular flexibility index (Phi) is 7.74. The van der Waals surface area contributed by atoms with Crippen molar-refractivity contribution in [1.29, 1.82) is 0 Å². The molecule has 1 heterocycles. The van der Waals surface area contributed by atoms with Crippen LogP contribution >= 0.6 is 0 Å². The number of hydrogen-bond donors (Lipinski definition) is 3. The maximum absolute atomic E-state index is 12.1. The zero-order chi connectivity index (χ0) is 19.9. The third-order valence-electron chi connectivity index (χ3n) is 4.34. The Hall–Kier alpha value is -1.99. The second-order valence-electron chi connectivity index (χ2n) is 7.97. The first-order valence-electron chi connectivity index (χ1n) is 9.50. The maximum atomic E-state index is 12.1. The van der Waals surface area contributed by atoms with E-state index < -0.39 is 11.7 Å². The molecule has 0 spiro atoms. The molecule has 0 aliphatic carbocycles. The van der Waals surface area contributed by atoms with E-state index in [1.54, 1.807) is 4.90 Å². The van der Waals surface area contributed by atoms with Gasteiger partial charge in [0.05, 0.1) is 19.3 Å². The van der Waals surface area contributed by atoms with E-state index >= 15 is 0 Å². The van der Waals surface area contributed by atoms with E-state index in [0.717, 1.165) is 24.3 Å². The Bertz CT molecular complexity index is 594. The number of likely N-dealkylation sites (tertiary alicyclic amines) is 1. The number of carbonyl (C=O) groups excluding carboxylic acids is 1. The fraction of sp³-hybridized carbons (Fsp3) is 0.650. The number of ether oxygens (including phenoxy) is 2. The predicted molar refractivity (Wildman–Crippen MR) is 104 cm³/mol. The molecule has 1 aromatic rings. The summed E-state index contributed by atoms with van der Waals surface area (Å²) in [6.45, 7) is 7.60. The van der Waals surface area contributed by atoms with Crippen molar-refractivity contribution in [3.63, 3.8) is 0 Å². The molecule has 0 bridgehead atoms. The van der Waals surface area contributed by atoms with Crippen LogP contribution in [0.5, 0.6) is 5.75 Å². The van der Waals surface area contributed by atoms with Gasteiger partial charge in [0.25, 0.3) is 0 Å². The van der Waals surface area contributed by atoms with Gasteiger partial charge < -0.3 is 29.9 Å². The molecule has 7 nitrogen and oxygen atoms in total. The summed E-state index contributed by atoms with van der Waals surface area (Å²) in [5, 5.41) is 21.3. The van der Waals surface area contributed by atoms with Gasteiger partial charge in [0.1, 0.15) is 11.4 Å². The molecule has 0 radical (unpaired) electrons. The van der Waals surface area contributed by atoms with Crippen molar-refractivity contribution in [2.75, 3.05) is 38.2 Å². The molecule has 1 aliphatic rings. The Morgan fingerprint density at radius 2 is 2.04 bits per heavy atom. The monoisotopic (exact) mass is 380 g/mol. The lowest BCUT2D eigenvalue weighted by Gasteiger charge is -2.33. The zero-order valence-corrected chi connectivity index (χ0v) is 16.5. The van der Waals surface area contributed by atoms with E-state index in [0.29, 0.717) is 25.6 Å². The van der Waals surface area contributed by atoms with Gasteiger partial charge in [-0.05, 0) is 51.7 Å². The first-order chi connectivity index (χ1) is 12.8. The number of amides is 1. The molecular formula is C20H32N2O5. The summed E-state index contributed by atoms with van der Waals surface area (Å²) in [7, 11) is 0. The van der Waals surface area contributed by atoms with Crippen molar-refractivity contribution in [3.05, 3.63) is 24.3 Å². The van der Waals surface area contributed by atoms with Crippen molar-refractivity contribution in [3.8, 4) is 5.75 Å². The number of carbonyl (C=O) groups is 1. The van der Waals surface area contributed by atoms with E-state index in [4.69, 9.17) is 14.6 Å². The second-order valence-corrected chi connectivity index (χ2v) is 7.97. The van der Waals surface area contributed by atoms with Crippen LogP contribution < -0.4 is 10.1 Å². The molecule has 1 aliphatic heterocycles. The molecule has 1 aromatic carbocycles. The van der Waals surface area contributed by atoms with Crippen LogP contribution in [0, 0.1) is 5.92 Å². The minimum Gasteiger partial charge on any atom is -0.493 e. The molecule has 1 amide bonds. The highest BCUT2D eigenvalue weighted by Gasteiger charge is 2.27. The quantitative estimate of drug-likeness (QED) is 0.673. The van der Waals surface area contributed by atoms with Crippen LogP contribution in [-0.2, 0) is 4.74 Å². The van der Waals surface area contributed by atoms with Gasteiger partial charge >= 0.3 is 6.09 Å². The van der Waals surface area contributed by atoms with Gasteiger partial charge in [0, 0.05) is 31.4 Å². The fourth-order valence-corrected chi connectivity index (χ4v) is 2.82. The van der Waals surface area contributed by atoms with Gasteiger partial charge in [-0.3, -0.25) is 0 Å². The highest BCUT2D eigenvalue weighted by molar-refractivity contribution is 5.68. The van der Waals surface area contributed by atoms with Crippen LogP contribution in [0.4, 0.5) is 10.5 Å². The van der Waals surface area contributed by atoms with Crippen LogP contribution in [0.3, 0.4) is 0 Å². The molecule has 2 rings (SSSR count). The SMILES string of the molecule is CC(C)(C)OC(=O)N1CCC(COc2cccc(NCC(O)CO)c2)CC1. The van der Waals surface area contributed by atoms with Crippen LogP contribution in [-0.4, -0.2) is 65.8 Å². The Morgan fingerprint density at radius 1 is 1.33 bits per heavy atom. The van der Waals surface area contributed by atoms with Crippen molar-refractivity contribution in [1.82, 2.24) is 4.90 Å². The van der Waals surface area contributed by atoms with Gasteiger partial charge in [0.15, 0.2) is 0 Å². The first-order valence-corrected chi connectivity index (χ1v) is 9.50. The summed E-state index contributed by atoms with van der Waals surface area (Å²) in [5.41, 5.74) is 0.364. The zero-order valence-electron chi connectivity index (χ0n) is 16.5. The average molecular weight is 380 g/mol. The van der Waals surface area contributed by atoms with Crippen LogP contribution in [0.25, 0.3) is 0 Å². The number of hydrogen-bond acceptors (Lipinski definition) is 6.